The molecule has 0 bridgehead atoms. The average molecular weight is 250 g/mol. The summed E-state index contributed by atoms with van der Waals surface area (Å²) >= 11 is 0. The van der Waals surface area contributed by atoms with Crippen molar-refractivity contribution in [3.63, 3.8) is 0 Å². The van der Waals surface area contributed by atoms with E-state index in [1.165, 1.54) is 0 Å². The zero-order chi connectivity index (χ0) is 13.3. The van der Waals surface area contributed by atoms with Gasteiger partial charge in [0.15, 0.2) is 0 Å². The molecule has 1 aromatic rings. The summed E-state index contributed by atoms with van der Waals surface area (Å²) in [5.41, 5.74) is 1.52. The maximum Gasteiger partial charge on any atom is 0.295 e. The summed E-state index contributed by atoms with van der Waals surface area (Å²) in [5, 5.41) is 20.9. The Labute approximate surface area is 106 Å². The van der Waals surface area contributed by atoms with Crippen LogP contribution in [0.4, 0.5) is 11.4 Å². The normalized spacial score (nSPS) is 24.1. The monoisotopic (exact) mass is 250 g/mol. The highest BCUT2D eigenvalue weighted by atomic mass is 16.6. The third-order valence-corrected chi connectivity index (χ3v) is 3.60. The molecular formula is C13H18N2O3. The average Bonchev–Trinajstić information content (AvgIpc) is 2.32. The lowest BCUT2D eigenvalue weighted by molar-refractivity contribution is -0.384. The second-order valence-electron chi connectivity index (χ2n) is 4.98. The van der Waals surface area contributed by atoms with Crippen LogP contribution >= 0.6 is 0 Å². The molecule has 0 spiro atoms. The van der Waals surface area contributed by atoms with Crippen LogP contribution in [0.3, 0.4) is 0 Å². The molecule has 18 heavy (non-hydrogen) atoms. The van der Waals surface area contributed by atoms with E-state index in [0.717, 1.165) is 0 Å². The molecule has 1 aliphatic heterocycles. The molecule has 0 aliphatic carbocycles. The summed E-state index contributed by atoms with van der Waals surface area (Å²) in [6.07, 6.45) is 0.358. The lowest BCUT2D eigenvalue weighted by Crippen LogP contribution is -2.42. The minimum atomic E-state index is -0.319. The van der Waals surface area contributed by atoms with E-state index < -0.39 is 0 Å². The topological polar surface area (TPSA) is 66.6 Å². The number of hydrogen-bond donors (Lipinski definition) is 1. The van der Waals surface area contributed by atoms with Crippen molar-refractivity contribution in [3.05, 3.63) is 33.9 Å². The first kappa shape index (κ1) is 12.8. The van der Waals surface area contributed by atoms with Gasteiger partial charge in [-0.2, -0.15) is 0 Å². The highest BCUT2D eigenvalue weighted by molar-refractivity contribution is 5.66. The molecule has 0 aromatic heterocycles. The standard InChI is InChI=1S/C13H18N2O3/c1-9-4-3-5-11(13(9)15(17)18)14-7-6-12(16)10(2)8-14/h3-5,10,12,16H,6-8H2,1-2H3. The molecule has 2 unspecified atom stereocenters. The van der Waals surface area contributed by atoms with Gasteiger partial charge in [-0.1, -0.05) is 19.1 Å². The van der Waals surface area contributed by atoms with Crippen molar-refractivity contribution in [1.29, 1.82) is 0 Å². The molecule has 0 radical (unpaired) electrons. The number of nitro benzene ring substituents is 1. The van der Waals surface area contributed by atoms with E-state index in [4.69, 9.17) is 0 Å². The van der Waals surface area contributed by atoms with E-state index in [-0.39, 0.29) is 22.6 Å². The molecule has 1 aliphatic rings. The lowest BCUT2D eigenvalue weighted by Gasteiger charge is -2.35. The number of benzene rings is 1. The minimum absolute atomic E-state index is 0.138. The van der Waals surface area contributed by atoms with Crippen molar-refractivity contribution in [2.45, 2.75) is 26.4 Å². The van der Waals surface area contributed by atoms with Crippen LogP contribution in [0.1, 0.15) is 18.9 Å². The smallest absolute Gasteiger partial charge is 0.295 e. The number of aryl methyl sites for hydroxylation is 1. The number of anilines is 1. The third-order valence-electron chi connectivity index (χ3n) is 3.60. The molecule has 0 saturated carbocycles. The second-order valence-corrected chi connectivity index (χ2v) is 4.98. The molecule has 0 amide bonds. The summed E-state index contributed by atoms with van der Waals surface area (Å²) in [7, 11) is 0. The number of aliphatic hydroxyl groups excluding tert-OH is 1. The number of hydrogen-bond acceptors (Lipinski definition) is 4. The van der Waals surface area contributed by atoms with E-state index in [9.17, 15) is 15.2 Å². The number of aliphatic hydroxyl groups is 1. The van der Waals surface area contributed by atoms with Crippen LogP contribution in [-0.4, -0.2) is 29.2 Å². The summed E-state index contributed by atoms with van der Waals surface area (Å²) in [4.78, 5) is 12.8. The maximum absolute atomic E-state index is 11.2. The van der Waals surface area contributed by atoms with Crippen LogP contribution in [0.5, 0.6) is 0 Å². The molecule has 2 atom stereocenters. The Hall–Kier alpha value is -1.62. The molecule has 5 heteroatoms. The molecule has 98 valence electrons. The molecule has 2 rings (SSSR count). The van der Waals surface area contributed by atoms with Crippen LogP contribution in [0.2, 0.25) is 0 Å². The van der Waals surface area contributed by atoms with Crippen LogP contribution < -0.4 is 4.90 Å². The Bertz CT molecular complexity index is 462. The summed E-state index contributed by atoms with van der Waals surface area (Å²) in [6.45, 7) is 5.05. The minimum Gasteiger partial charge on any atom is -0.393 e. The Morgan fingerprint density at radius 1 is 1.50 bits per heavy atom. The SMILES string of the molecule is Cc1cccc(N2CCC(O)C(C)C2)c1[N+](=O)[O-]. The predicted molar refractivity (Wildman–Crippen MR) is 69.8 cm³/mol. The van der Waals surface area contributed by atoms with Crippen molar-refractivity contribution in [2.24, 2.45) is 5.92 Å². The predicted octanol–water partition coefficient (Wildman–Crippen LogP) is 2.11. The van der Waals surface area contributed by atoms with Crippen molar-refractivity contribution in [3.8, 4) is 0 Å². The first-order valence-electron chi connectivity index (χ1n) is 6.17. The Morgan fingerprint density at radius 2 is 2.22 bits per heavy atom. The zero-order valence-electron chi connectivity index (χ0n) is 10.7. The van der Waals surface area contributed by atoms with E-state index in [1.54, 1.807) is 19.1 Å². The Balaban J connectivity index is 2.34. The van der Waals surface area contributed by atoms with Gasteiger partial charge in [-0.25, -0.2) is 0 Å². The van der Waals surface area contributed by atoms with Crippen molar-refractivity contribution in [2.75, 3.05) is 18.0 Å². The van der Waals surface area contributed by atoms with Gasteiger partial charge in [0.25, 0.3) is 5.69 Å². The van der Waals surface area contributed by atoms with Gasteiger partial charge in [0.05, 0.1) is 11.0 Å². The van der Waals surface area contributed by atoms with Crippen molar-refractivity contribution < 1.29 is 10.0 Å². The van der Waals surface area contributed by atoms with E-state index in [2.05, 4.69) is 0 Å². The molecule has 1 aromatic carbocycles. The highest BCUT2D eigenvalue weighted by Crippen LogP contribution is 2.33. The largest absolute Gasteiger partial charge is 0.393 e. The highest BCUT2D eigenvalue weighted by Gasteiger charge is 2.28. The van der Waals surface area contributed by atoms with Gasteiger partial charge in [0.1, 0.15) is 5.69 Å². The van der Waals surface area contributed by atoms with Gasteiger partial charge in [-0.05, 0) is 25.3 Å². The zero-order valence-corrected chi connectivity index (χ0v) is 10.7. The van der Waals surface area contributed by atoms with E-state index >= 15 is 0 Å². The fourth-order valence-corrected chi connectivity index (χ4v) is 2.49. The molecular weight excluding hydrogens is 232 g/mol. The van der Waals surface area contributed by atoms with Gasteiger partial charge in [-0.3, -0.25) is 10.1 Å². The Morgan fingerprint density at radius 3 is 2.83 bits per heavy atom. The number of nitrogens with zero attached hydrogens (tertiary/aromatic N) is 2. The molecule has 1 heterocycles. The first-order chi connectivity index (χ1) is 8.50. The van der Waals surface area contributed by atoms with Crippen LogP contribution in [0.15, 0.2) is 18.2 Å². The van der Waals surface area contributed by atoms with Gasteiger partial charge in [0, 0.05) is 18.7 Å². The lowest BCUT2D eigenvalue weighted by atomic mass is 9.96. The molecule has 1 saturated heterocycles. The van der Waals surface area contributed by atoms with Gasteiger partial charge < -0.3 is 10.0 Å². The number of nitro groups is 1. The first-order valence-corrected chi connectivity index (χ1v) is 6.17. The quantitative estimate of drug-likeness (QED) is 0.645. The van der Waals surface area contributed by atoms with Crippen LogP contribution in [0, 0.1) is 23.0 Å². The number of piperidine rings is 1. The molecule has 5 nitrogen and oxygen atoms in total. The van der Waals surface area contributed by atoms with Crippen LogP contribution in [-0.2, 0) is 0 Å². The maximum atomic E-state index is 11.2. The second kappa shape index (κ2) is 4.94. The van der Waals surface area contributed by atoms with Crippen molar-refractivity contribution in [1.82, 2.24) is 0 Å². The van der Waals surface area contributed by atoms with E-state index in [0.29, 0.717) is 30.8 Å². The molecule has 1 fully saturated rings. The fourth-order valence-electron chi connectivity index (χ4n) is 2.49. The van der Waals surface area contributed by atoms with Gasteiger partial charge in [-0.15, -0.1) is 0 Å². The van der Waals surface area contributed by atoms with Gasteiger partial charge >= 0.3 is 0 Å². The summed E-state index contributed by atoms with van der Waals surface area (Å²) in [6, 6.07) is 5.38. The Kier molecular flexibility index (Phi) is 3.52. The summed E-state index contributed by atoms with van der Waals surface area (Å²) < 4.78 is 0. The van der Waals surface area contributed by atoms with Gasteiger partial charge in [0.2, 0.25) is 0 Å². The van der Waals surface area contributed by atoms with Crippen LogP contribution in [0.25, 0.3) is 0 Å². The third kappa shape index (κ3) is 2.31. The summed E-state index contributed by atoms with van der Waals surface area (Å²) in [5.74, 6) is 0.138. The number of rotatable bonds is 2. The fraction of sp³-hybridized carbons (Fsp3) is 0.538. The molecule has 1 N–H and O–H groups in total. The number of para-hydroxylation sites is 1. The van der Waals surface area contributed by atoms with E-state index in [1.807, 2.05) is 17.9 Å². The van der Waals surface area contributed by atoms with Crippen molar-refractivity contribution >= 4 is 11.4 Å².